The fourth-order valence-corrected chi connectivity index (χ4v) is 2.57. The lowest BCUT2D eigenvalue weighted by Crippen LogP contribution is -2.43. The third-order valence-electron chi connectivity index (χ3n) is 3.97. The first-order chi connectivity index (χ1) is 10.2. The zero-order valence-electron chi connectivity index (χ0n) is 12.4. The molecule has 0 bridgehead atoms. The van der Waals surface area contributed by atoms with Crippen molar-refractivity contribution in [2.75, 3.05) is 17.2 Å². The second kappa shape index (κ2) is 7.61. The molecule has 1 aromatic rings. The maximum Gasteiger partial charge on any atom is 0.241 e. The molecule has 1 atom stereocenters. The van der Waals surface area contributed by atoms with Gasteiger partial charge in [0.15, 0.2) is 0 Å². The molecule has 0 aromatic heterocycles. The number of rotatable bonds is 4. The maximum absolute atomic E-state index is 12.2. The number of hydrogen-bond acceptors (Lipinski definition) is 3. The highest BCUT2D eigenvalue weighted by molar-refractivity contribution is 5.97. The van der Waals surface area contributed by atoms with E-state index in [0.29, 0.717) is 0 Å². The summed E-state index contributed by atoms with van der Waals surface area (Å²) in [5.41, 5.74) is 1.46. The molecule has 1 unspecified atom stereocenters. The van der Waals surface area contributed by atoms with Crippen molar-refractivity contribution in [2.45, 2.75) is 38.1 Å². The molecule has 2 fully saturated rings. The van der Waals surface area contributed by atoms with Crippen LogP contribution in [0.1, 0.15) is 32.1 Å². The molecule has 1 saturated heterocycles. The summed E-state index contributed by atoms with van der Waals surface area (Å²) in [6, 6.07) is 7.22. The number of hydrogen-bond donors (Lipinski definition) is 3. The third kappa shape index (κ3) is 4.45. The van der Waals surface area contributed by atoms with Gasteiger partial charge >= 0.3 is 0 Å². The normalized spacial score (nSPS) is 20.6. The first kappa shape index (κ1) is 16.8. The molecule has 0 radical (unpaired) electrons. The molecule has 1 aromatic carbocycles. The molecule has 1 aliphatic heterocycles. The van der Waals surface area contributed by atoms with Crippen LogP contribution in [0.5, 0.6) is 0 Å². The van der Waals surface area contributed by atoms with Gasteiger partial charge in [0.1, 0.15) is 0 Å². The van der Waals surface area contributed by atoms with Gasteiger partial charge in [-0.05, 0) is 50.4 Å². The van der Waals surface area contributed by atoms with E-state index < -0.39 is 0 Å². The lowest BCUT2D eigenvalue weighted by atomic mass is 10.0. The summed E-state index contributed by atoms with van der Waals surface area (Å²) in [5, 5.41) is 9.04. The molecule has 22 heavy (non-hydrogen) atoms. The Hall–Kier alpha value is -1.59. The summed E-state index contributed by atoms with van der Waals surface area (Å²) < 4.78 is 0. The van der Waals surface area contributed by atoms with Crippen molar-refractivity contribution in [2.24, 2.45) is 5.92 Å². The molecule has 0 spiro atoms. The maximum atomic E-state index is 12.2. The molecule has 3 rings (SSSR count). The van der Waals surface area contributed by atoms with Crippen LogP contribution in [-0.4, -0.2) is 24.4 Å². The van der Waals surface area contributed by atoms with Gasteiger partial charge in [-0.15, -0.1) is 12.4 Å². The van der Waals surface area contributed by atoms with Gasteiger partial charge in [-0.25, -0.2) is 0 Å². The van der Waals surface area contributed by atoms with E-state index in [1.807, 2.05) is 18.2 Å². The predicted molar refractivity (Wildman–Crippen MR) is 89.3 cm³/mol. The highest BCUT2D eigenvalue weighted by Gasteiger charge is 2.29. The Morgan fingerprint density at radius 2 is 1.68 bits per heavy atom. The van der Waals surface area contributed by atoms with E-state index in [2.05, 4.69) is 16.0 Å². The summed E-state index contributed by atoms with van der Waals surface area (Å²) in [6.45, 7) is 0.898. The Labute approximate surface area is 136 Å². The van der Waals surface area contributed by atoms with Crippen molar-refractivity contribution in [3.05, 3.63) is 24.3 Å². The minimum absolute atomic E-state index is 0. The topological polar surface area (TPSA) is 70.2 Å². The summed E-state index contributed by atoms with van der Waals surface area (Å²) in [7, 11) is 0. The van der Waals surface area contributed by atoms with Gasteiger partial charge in [-0.3, -0.25) is 9.59 Å². The quantitative estimate of drug-likeness (QED) is 0.797. The highest BCUT2D eigenvalue weighted by Crippen LogP contribution is 2.30. The second-order valence-corrected chi connectivity index (χ2v) is 5.84. The number of carbonyl (C=O) groups is 2. The molecule has 1 heterocycles. The van der Waals surface area contributed by atoms with Gasteiger partial charge < -0.3 is 16.0 Å². The van der Waals surface area contributed by atoms with Crippen molar-refractivity contribution >= 4 is 35.6 Å². The van der Waals surface area contributed by atoms with Crippen LogP contribution < -0.4 is 16.0 Å². The van der Waals surface area contributed by atoms with Crippen LogP contribution in [0.2, 0.25) is 0 Å². The zero-order chi connectivity index (χ0) is 14.7. The highest BCUT2D eigenvalue weighted by atomic mass is 35.5. The van der Waals surface area contributed by atoms with E-state index in [1.165, 1.54) is 0 Å². The number of anilines is 2. The van der Waals surface area contributed by atoms with E-state index in [4.69, 9.17) is 0 Å². The average Bonchev–Trinajstić information content (AvgIpc) is 3.33. The van der Waals surface area contributed by atoms with Crippen LogP contribution >= 0.6 is 12.4 Å². The number of amides is 2. The molecular weight excluding hydrogens is 302 g/mol. The lowest BCUT2D eigenvalue weighted by Gasteiger charge is -2.22. The molecule has 6 heteroatoms. The minimum atomic E-state index is -0.108. The second-order valence-electron chi connectivity index (χ2n) is 5.84. The van der Waals surface area contributed by atoms with Gasteiger partial charge in [0, 0.05) is 17.3 Å². The molecule has 2 aliphatic rings. The molecule has 2 amide bonds. The largest absolute Gasteiger partial charge is 0.326 e. The summed E-state index contributed by atoms with van der Waals surface area (Å²) in [6.07, 6.45) is 5.06. The predicted octanol–water partition coefficient (Wildman–Crippen LogP) is 2.54. The monoisotopic (exact) mass is 323 g/mol. The van der Waals surface area contributed by atoms with Gasteiger partial charge in [-0.2, -0.15) is 0 Å². The van der Waals surface area contributed by atoms with E-state index in [0.717, 1.165) is 50.0 Å². The van der Waals surface area contributed by atoms with E-state index in [-0.39, 0.29) is 36.2 Å². The van der Waals surface area contributed by atoms with E-state index >= 15 is 0 Å². The summed E-state index contributed by atoms with van der Waals surface area (Å²) >= 11 is 0. The van der Waals surface area contributed by atoms with Gasteiger partial charge in [0.05, 0.1) is 6.04 Å². The first-order valence-corrected chi connectivity index (χ1v) is 7.67. The van der Waals surface area contributed by atoms with E-state index in [1.54, 1.807) is 6.07 Å². The van der Waals surface area contributed by atoms with Crippen LogP contribution in [0.3, 0.4) is 0 Å². The smallest absolute Gasteiger partial charge is 0.241 e. The fourth-order valence-electron chi connectivity index (χ4n) is 2.57. The SMILES string of the molecule is Cl.O=C(Nc1cccc(NC(=O)C2CCCCN2)c1)C1CC1. The Morgan fingerprint density at radius 3 is 2.27 bits per heavy atom. The number of halogens is 1. The van der Waals surface area contributed by atoms with Crippen molar-refractivity contribution in [1.82, 2.24) is 5.32 Å². The van der Waals surface area contributed by atoms with Gasteiger partial charge in [0.25, 0.3) is 0 Å². The number of nitrogens with one attached hydrogen (secondary N) is 3. The van der Waals surface area contributed by atoms with Crippen LogP contribution in [0.4, 0.5) is 11.4 Å². The van der Waals surface area contributed by atoms with Crippen LogP contribution in [-0.2, 0) is 9.59 Å². The fraction of sp³-hybridized carbons (Fsp3) is 0.500. The minimum Gasteiger partial charge on any atom is -0.326 e. The molecule has 1 saturated carbocycles. The number of benzene rings is 1. The zero-order valence-corrected chi connectivity index (χ0v) is 13.2. The van der Waals surface area contributed by atoms with Crippen molar-refractivity contribution < 1.29 is 9.59 Å². The Bertz CT molecular complexity index is 540. The van der Waals surface area contributed by atoms with Gasteiger partial charge in [0.2, 0.25) is 11.8 Å². The molecule has 1 aliphatic carbocycles. The number of carbonyl (C=O) groups excluding carboxylic acids is 2. The van der Waals surface area contributed by atoms with Crippen molar-refractivity contribution in [3.8, 4) is 0 Å². The van der Waals surface area contributed by atoms with Crippen LogP contribution in [0, 0.1) is 5.92 Å². The first-order valence-electron chi connectivity index (χ1n) is 7.67. The van der Waals surface area contributed by atoms with E-state index in [9.17, 15) is 9.59 Å². The standard InChI is InChI=1S/C16H21N3O2.ClH/c20-15(11-7-8-11)18-12-4-3-5-13(10-12)19-16(21)14-6-1-2-9-17-14;/h3-5,10-11,14,17H,1-2,6-9H2,(H,18,20)(H,19,21);1H. The molecule has 5 nitrogen and oxygen atoms in total. The summed E-state index contributed by atoms with van der Waals surface area (Å²) in [4.78, 5) is 23.9. The van der Waals surface area contributed by atoms with Crippen LogP contribution in [0.25, 0.3) is 0 Å². The molecule has 3 N–H and O–H groups in total. The average molecular weight is 324 g/mol. The Balaban J connectivity index is 0.00000176. The number of piperidine rings is 1. The van der Waals surface area contributed by atoms with Crippen LogP contribution in [0.15, 0.2) is 24.3 Å². The molecular formula is C16H22ClN3O2. The Morgan fingerprint density at radius 1 is 1.00 bits per heavy atom. The van der Waals surface area contributed by atoms with Crippen molar-refractivity contribution in [3.63, 3.8) is 0 Å². The Kier molecular flexibility index (Phi) is 5.80. The van der Waals surface area contributed by atoms with Crippen molar-refractivity contribution in [1.29, 1.82) is 0 Å². The van der Waals surface area contributed by atoms with Gasteiger partial charge in [-0.1, -0.05) is 12.5 Å². The third-order valence-corrected chi connectivity index (χ3v) is 3.97. The molecule has 120 valence electrons. The summed E-state index contributed by atoms with van der Waals surface area (Å²) in [5.74, 6) is 0.252. The lowest BCUT2D eigenvalue weighted by molar-refractivity contribution is -0.119.